The summed E-state index contributed by atoms with van der Waals surface area (Å²) in [5.74, 6) is -2.12. The normalized spacial score (nSPS) is 13.2. The Balaban J connectivity index is 3.57. The number of alkyl halides is 3. The second-order valence-corrected chi connectivity index (χ2v) is 3.21. The van der Waals surface area contributed by atoms with Gasteiger partial charge in [-0.15, -0.1) is 0 Å². The van der Waals surface area contributed by atoms with Crippen LogP contribution in [0.3, 0.4) is 0 Å². The van der Waals surface area contributed by atoms with Crippen molar-refractivity contribution in [2.75, 3.05) is 19.6 Å². The molecule has 0 unspecified atom stereocenters. The van der Waals surface area contributed by atoms with Crippen LogP contribution < -0.4 is 10.6 Å². The fraction of sp³-hybridized carbons (Fsp3) is 0.750. The fourth-order valence-electron chi connectivity index (χ4n) is 0.852. The molecule has 17 heavy (non-hydrogen) atoms. The van der Waals surface area contributed by atoms with E-state index in [-0.39, 0.29) is 13.0 Å². The van der Waals surface area contributed by atoms with Gasteiger partial charge >= 0.3 is 12.1 Å². The van der Waals surface area contributed by atoms with Crippen LogP contribution >= 0.6 is 0 Å². The van der Waals surface area contributed by atoms with Gasteiger partial charge in [0.1, 0.15) is 0 Å². The lowest BCUT2D eigenvalue weighted by Crippen LogP contribution is -2.39. The SMILES string of the molecule is O=C(CNCC(F)(F)F)NCC[C@H](O)C(=O)O. The number of rotatable bonds is 7. The molecule has 0 bridgehead atoms. The van der Waals surface area contributed by atoms with Gasteiger partial charge in [-0.25, -0.2) is 4.79 Å². The van der Waals surface area contributed by atoms with Crippen molar-refractivity contribution in [3.05, 3.63) is 0 Å². The number of nitrogens with one attached hydrogen (secondary N) is 2. The minimum Gasteiger partial charge on any atom is -0.479 e. The van der Waals surface area contributed by atoms with Gasteiger partial charge in [0.2, 0.25) is 5.91 Å². The zero-order valence-corrected chi connectivity index (χ0v) is 8.75. The van der Waals surface area contributed by atoms with Crippen LogP contribution in [0.25, 0.3) is 0 Å². The van der Waals surface area contributed by atoms with Gasteiger partial charge in [0.15, 0.2) is 6.10 Å². The average molecular weight is 258 g/mol. The number of carboxylic acid groups (broad SMARTS) is 1. The molecule has 6 nitrogen and oxygen atoms in total. The Morgan fingerprint density at radius 3 is 2.35 bits per heavy atom. The van der Waals surface area contributed by atoms with Gasteiger partial charge in [0, 0.05) is 13.0 Å². The Hall–Kier alpha value is -1.35. The smallest absolute Gasteiger partial charge is 0.401 e. The summed E-state index contributed by atoms with van der Waals surface area (Å²) in [5.41, 5.74) is 0. The van der Waals surface area contributed by atoms with E-state index in [0.717, 1.165) is 0 Å². The van der Waals surface area contributed by atoms with E-state index in [0.29, 0.717) is 0 Å². The monoisotopic (exact) mass is 258 g/mol. The lowest BCUT2D eigenvalue weighted by Gasteiger charge is -2.09. The summed E-state index contributed by atoms with van der Waals surface area (Å²) < 4.78 is 35.0. The number of aliphatic carboxylic acids is 1. The van der Waals surface area contributed by atoms with Crippen LogP contribution in [0.1, 0.15) is 6.42 Å². The maximum atomic E-state index is 11.7. The topological polar surface area (TPSA) is 98.7 Å². The highest BCUT2D eigenvalue weighted by Gasteiger charge is 2.26. The number of hydrogen-bond acceptors (Lipinski definition) is 4. The molecule has 0 spiro atoms. The van der Waals surface area contributed by atoms with Gasteiger partial charge in [0.25, 0.3) is 0 Å². The summed E-state index contributed by atoms with van der Waals surface area (Å²) in [4.78, 5) is 21.1. The average Bonchev–Trinajstić information content (AvgIpc) is 2.15. The summed E-state index contributed by atoms with van der Waals surface area (Å²) in [7, 11) is 0. The van der Waals surface area contributed by atoms with E-state index < -0.39 is 37.2 Å². The number of amides is 1. The van der Waals surface area contributed by atoms with Gasteiger partial charge in [-0.1, -0.05) is 0 Å². The van der Waals surface area contributed by atoms with Crippen molar-refractivity contribution in [1.29, 1.82) is 0 Å². The van der Waals surface area contributed by atoms with Crippen LogP contribution in [0.2, 0.25) is 0 Å². The number of carboxylic acids is 1. The van der Waals surface area contributed by atoms with E-state index in [1.807, 2.05) is 5.32 Å². The molecule has 4 N–H and O–H groups in total. The molecule has 0 saturated carbocycles. The molecule has 0 heterocycles. The number of halogens is 3. The molecule has 0 aliphatic carbocycles. The van der Waals surface area contributed by atoms with Crippen LogP contribution in [-0.2, 0) is 9.59 Å². The Morgan fingerprint density at radius 1 is 1.29 bits per heavy atom. The minimum atomic E-state index is -4.39. The third-order valence-electron chi connectivity index (χ3n) is 1.64. The molecular weight excluding hydrogens is 245 g/mol. The molecule has 100 valence electrons. The largest absolute Gasteiger partial charge is 0.479 e. The van der Waals surface area contributed by atoms with E-state index in [1.54, 1.807) is 0 Å². The van der Waals surface area contributed by atoms with E-state index in [9.17, 15) is 22.8 Å². The molecule has 1 amide bonds. The second kappa shape index (κ2) is 7.07. The van der Waals surface area contributed by atoms with Crippen LogP contribution in [-0.4, -0.2) is 54.0 Å². The first-order valence-electron chi connectivity index (χ1n) is 4.67. The van der Waals surface area contributed by atoms with Crippen molar-refractivity contribution in [2.24, 2.45) is 0 Å². The number of hydrogen-bond donors (Lipinski definition) is 4. The number of aliphatic hydroxyl groups is 1. The molecule has 0 radical (unpaired) electrons. The van der Waals surface area contributed by atoms with Crippen molar-refractivity contribution < 1.29 is 33.0 Å². The molecule has 0 rings (SSSR count). The Morgan fingerprint density at radius 2 is 1.88 bits per heavy atom. The molecule has 0 aliphatic heterocycles. The lowest BCUT2D eigenvalue weighted by atomic mass is 10.2. The Labute approximate surface area is 94.8 Å². The molecule has 9 heteroatoms. The maximum Gasteiger partial charge on any atom is 0.401 e. The van der Waals surface area contributed by atoms with Crippen LogP contribution in [0, 0.1) is 0 Å². The number of carbonyl (C=O) groups is 2. The summed E-state index contributed by atoms with van der Waals surface area (Å²) in [5, 5.41) is 21.1. The molecular formula is C8H13F3N2O4. The predicted molar refractivity (Wildman–Crippen MR) is 50.2 cm³/mol. The first kappa shape index (κ1) is 15.7. The predicted octanol–water partition coefficient (Wildman–Crippen LogP) is -0.910. The van der Waals surface area contributed by atoms with Crippen molar-refractivity contribution in [3.8, 4) is 0 Å². The highest BCUT2D eigenvalue weighted by Crippen LogP contribution is 2.11. The molecule has 0 saturated heterocycles. The third-order valence-corrected chi connectivity index (χ3v) is 1.64. The molecule has 0 aromatic heterocycles. The Bertz CT molecular complexity index is 270. The first-order valence-corrected chi connectivity index (χ1v) is 4.67. The maximum absolute atomic E-state index is 11.7. The van der Waals surface area contributed by atoms with Crippen molar-refractivity contribution in [1.82, 2.24) is 10.6 Å². The van der Waals surface area contributed by atoms with Crippen molar-refractivity contribution in [3.63, 3.8) is 0 Å². The Kier molecular flexibility index (Phi) is 6.51. The van der Waals surface area contributed by atoms with E-state index in [2.05, 4.69) is 5.32 Å². The first-order chi connectivity index (χ1) is 7.72. The lowest BCUT2D eigenvalue weighted by molar-refractivity contribution is -0.147. The van der Waals surface area contributed by atoms with Gasteiger partial charge in [-0.05, 0) is 0 Å². The zero-order chi connectivity index (χ0) is 13.5. The molecule has 0 aromatic carbocycles. The molecule has 0 aromatic rings. The third kappa shape index (κ3) is 9.57. The van der Waals surface area contributed by atoms with Crippen LogP contribution in [0.4, 0.5) is 13.2 Å². The number of carbonyl (C=O) groups excluding carboxylic acids is 1. The van der Waals surface area contributed by atoms with E-state index >= 15 is 0 Å². The van der Waals surface area contributed by atoms with E-state index in [4.69, 9.17) is 10.2 Å². The summed E-state index contributed by atoms with van der Waals surface area (Å²) in [6.45, 7) is -1.93. The quantitative estimate of drug-likeness (QED) is 0.474. The summed E-state index contributed by atoms with van der Waals surface area (Å²) >= 11 is 0. The van der Waals surface area contributed by atoms with E-state index in [1.165, 1.54) is 0 Å². The van der Waals surface area contributed by atoms with Crippen molar-refractivity contribution in [2.45, 2.75) is 18.7 Å². The molecule has 0 aliphatic rings. The second-order valence-electron chi connectivity index (χ2n) is 3.21. The van der Waals surface area contributed by atoms with Crippen LogP contribution in [0.15, 0.2) is 0 Å². The van der Waals surface area contributed by atoms with Gasteiger partial charge in [0.05, 0.1) is 13.1 Å². The zero-order valence-electron chi connectivity index (χ0n) is 8.75. The molecule has 0 fully saturated rings. The molecule has 1 atom stereocenters. The number of aliphatic hydroxyl groups excluding tert-OH is 1. The highest BCUT2D eigenvalue weighted by atomic mass is 19.4. The standard InChI is InChI=1S/C8H13F3N2O4/c9-8(10,11)4-12-3-6(15)13-2-1-5(14)7(16)17/h5,12,14H,1-4H2,(H,13,15)(H,16,17)/t5-/m0/s1. The van der Waals surface area contributed by atoms with Gasteiger partial charge in [-0.2, -0.15) is 13.2 Å². The van der Waals surface area contributed by atoms with Crippen molar-refractivity contribution >= 4 is 11.9 Å². The van der Waals surface area contributed by atoms with Gasteiger partial charge in [-0.3, -0.25) is 4.79 Å². The summed E-state index contributed by atoms with van der Waals surface area (Å²) in [6, 6.07) is 0. The van der Waals surface area contributed by atoms with Crippen LogP contribution in [0.5, 0.6) is 0 Å². The minimum absolute atomic E-state index is 0.125. The highest BCUT2D eigenvalue weighted by molar-refractivity contribution is 5.78. The fourth-order valence-corrected chi connectivity index (χ4v) is 0.852. The summed E-state index contributed by atoms with van der Waals surface area (Å²) in [6.07, 6.45) is -6.20. The van der Waals surface area contributed by atoms with Gasteiger partial charge < -0.3 is 20.8 Å².